The molecule has 0 spiro atoms. The van der Waals surface area contributed by atoms with Gasteiger partial charge in [-0.25, -0.2) is 4.98 Å². The van der Waals surface area contributed by atoms with Crippen molar-refractivity contribution in [2.75, 3.05) is 5.73 Å². The molecule has 4 N–H and O–H groups in total. The SMILES string of the molecule is Nc1ccc2c(n1)C=CC(N)(c1ccccn1)C2. The second-order valence-corrected chi connectivity index (χ2v) is 4.55. The molecule has 1 aliphatic rings. The van der Waals surface area contributed by atoms with Gasteiger partial charge in [0.2, 0.25) is 0 Å². The van der Waals surface area contributed by atoms with Crippen LogP contribution in [0.3, 0.4) is 0 Å². The van der Waals surface area contributed by atoms with Crippen LogP contribution in [-0.4, -0.2) is 9.97 Å². The number of rotatable bonds is 1. The van der Waals surface area contributed by atoms with Crippen LogP contribution in [0, 0.1) is 0 Å². The van der Waals surface area contributed by atoms with Crippen molar-refractivity contribution < 1.29 is 0 Å². The van der Waals surface area contributed by atoms with Crippen molar-refractivity contribution in [3.8, 4) is 0 Å². The van der Waals surface area contributed by atoms with Crippen molar-refractivity contribution in [1.82, 2.24) is 9.97 Å². The molecule has 90 valence electrons. The molecule has 0 aliphatic heterocycles. The number of nitrogens with zero attached hydrogens (tertiary/aromatic N) is 2. The number of nitrogens with two attached hydrogens (primary N) is 2. The molecule has 0 fully saturated rings. The topological polar surface area (TPSA) is 77.8 Å². The van der Waals surface area contributed by atoms with Gasteiger partial charge in [0.1, 0.15) is 5.82 Å². The summed E-state index contributed by atoms with van der Waals surface area (Å²) in [6, 6.07) is 9.56. The summed E-state index contributed by atoms with van der Waals surface area (Å²) < 4.78 is 0. The first-order valence-corrected chi connectivity index (χ1v) is 5.82. The third-order valence-electron chi connectivity index (χ3n) is 3.20. The van der Waals surface area contributed by atoms with Crippen LogP contribution in [0.1, 0.15) is 17.0 Å². The van der Waals surface area contributed by atoms with E-state index in [1.807, 2.05) is 36.4 Å². The van der Waals surface area contributed by atoms with Crippen molar-refractivity contribution in [2.45, 2.75) is 12.0 Å². The van der Waals surface area contributed by atoms with Crippen molar-refractivity contribution in [1.29, 1.82) is 0 Å². The fourth-order valence-electron chi connectivity index (χ4n) is 2.23. The van der Waals surface area contributed by atoms with E-state index >= 15 is 0 Å². The van der Waals surface area contributed by atoms with E-state index < -0.39 is 5.54 Å². The summed E-state index contributed by atoms with van der Waals surface area (Å²) in [5, 5.41) is 0. The minimum atomic E-state index is -0.563. The molecule has 1 atom stereocenters. The number of hydrogen-bond donors (Lipinski definition) is 2. The van der Waals surface area contributed by atoms with Crippen molar-refractivity contribution in [3.05, 3.63) is 59.6 Å². The predicted octanol–water partition coefficient (Wildman–Crippen LogP) is 1.48. The lowest BCUT2D eigenvalue weighted by Gasteiger charge is -2.29. The van der Waals surface area contributed by atoms with E-state index in [1.165, 1.54) is 0 Å². The number of nitrogen functional groups attached to an aromatic ring is 1. The second-order valence-electron chi connectivity index (χ2n) is 4.55. The van der Waals surface area contributed by atoms with Gasteiger partial charge in [-0.3, -0.25) is 4.98 Å². The van der Waals surface area contributed by atoms with Crippen LogP contribution in [0.4, 0.5) is 5.82 Å². The zero-order valence-electron chi connectivity index (χ0n) is 9.88. The van der Waals surface area contributed by atoms with Gasteiger partial charge in [-0.2, -0.15) is 0 Å². The number of anilines is 1. The third-order valence-corrected chi connectivity index (χ3v) is 3.20. The Morgan fingerprint density at radius 2 is 2.06 bits per heavy atom. The number of aromatic nitrogens is 2. The first kappa shape index (κ1) is 10.9. The Morgan fingerprint density at radius 1 is 1.17 bits per heavy atom. The lowest BCUT2D eigenvalue weighted by atomic mass is 9.83. The average molecular weight is 238 g/mol. The highest BCUT2D eigenvalue weighted by Crippen LogP contribution is 2.30. The van der Waals surface area contributed by atoms with Gasteiger partial charge in [-0.05, 0) is 29.8 Å². The largest absolute Gasteiger partial charge is 0.384 e. The summed E-state index contributed by atoms with van der Waals surface area (Å²) in [4.78, 5) is 8.63. The first-order valence-electron chi connectivity index (χ1n) is 5.82. The van der Waals surface area contributed by atoms with Crippen molar-refractivity contribution in [2.24, 2.45) is 5.73 Å². The van der Waals surface area contributed by atoms with Crippen LogP contribution in [0.2, 0.25) is 0 Å². The molecular formula is C14H14N4. The zero-order valence-corrected chi connectivity index (χ0v) is 9.88. The minimum Gasteiger partial charge on any atom is -0.384 e. The number of fused-ring (bicyclic) bond motifs is 1. The lowest BCUT2D eigenvalue weighted by molar-refractivity contribution is 0.535. The highest BCUT2D eigenvalue weighted by Gasteiger charge is 2.30. The minimum absolute atomic E-state index is 0.528. The number of pyridine rings is 2. The Bertz CT molecular complexity index is 606. The summed E-state index contributed by atoms with van der Waals surface area (Å²) in [6.45, 7) is 0. The van der Waals surface area contributed by atoms with Gasteiger partial charge < -0.3 is 11.5 Å². The first-order chi connectivity index (χ1) is 8.67. The van der Waals surface area contributed by atoms with Crippen LogP contribution >= 0.6 is 0 Å². The maximum Gasteiger partial charge on any atom is 0.124 e. The molecule has 18 heavy (non-hydrogen) atoms. The smallest absolute Gasteiger partial charge is 0.124 e. The summed E-state index contributed by atoms with van der Waals surface area (Å²) >= 11 is 0. The molecule has 4 heteroatoms. The molecule has 3 rings (SSSR count). The van der Waals surface area contributed by atoms with E-state index in [9.17, 15) is 0 Å². The summed E-state index contributed by atoms with van der Waals surface area (Å²) in [5.74, 6) is 0.528. The van der Waals surface area contributed by atoms with Crippen LogP contribution in [0.25, 0.3) is 6.08 Å². The van der Waals surface area contributed by atoms with Gasteiger partial charge in [-0.1, -0.05) is 18.2 Å². The molecule has 0 amide bonds. The molecule has 1 aliphatic carbocycles. The van der Waals surface area contributed by atoms with Gasteiger partial charge in [0.15, 0.2) is 0 Å². The normalized spacial score (nSPS) is 21.6. The molecule has 2 aromatic rings. The summed E-state index contributed by atoms with van der Waals surface area (Å²) in [6.07, 6.45) is 6.31. The van der Waals surface area contributed by atoms with Crippen LogP contribution in [0.5, 0.6) is 0 Å². The highest BCUT2D eigenvalue weighted by molar-refractivity contribution is 5.58. The van der Waals surface area contributed by atoms with E-state index in [4.69, 9.17) is 11.5 Å². The van der Waals surface area contributed by atoms with Crippen molar-refractivity contribution in [3.63, 3.8) is 0 Å². The fourth-order valence-corrected chi connectivity index (χ4v) is 2.23. The van der Waals surface area contributed by atoms with Crippen molar-refractivity contribution >= 4 is 11.9 Å². The van der Waals surface area contributed by atoms with Crippen LogP contribution < -0.4 is 11.5 Å². The zero-order chi connectivity index (χ0) is 12.6. The van der Waals surface area contributed by atoms with E-state index in [2.05, 4.69) is 9.97 Å². The number of hydrogen-bond acceptors (Lipinski definition) is 4. The molecule has 0 saturated carbocycles. The quantitative estimate of drug-likeness (QED) is 0.789. The lowest BCUT2D eigenvalue weighted by Crippen LogP contribution is -2.39. The molecule has 4 nitrogen and oxygen atoms in total. The van der Waals surface area contributed by atoms with E-state index in [0.29, 0.717) is 12.2 Å². The second kappa shape index (κ2) is 3.92. The Kier molecular flexibility index (Phi) is 2.38. The third kappa shape index (κ3) is 1.76. The summed E-state index contributed by atoms with van der Waals surface area (Å²) in [7, 11) is 0. The maximum absolute atomic E-state index is 6.42. The molecule has 0 radical (unpaired) electrons. The maximum atomic E-state index is 6.42. The van der Waals surface area contributed by atoms with Crippen LogP contribution in [-0.2, 0) is 12.0 Å². The standard InChI is InChI=1S/C14H14N4/c15-13-5-4-10-9-14(16,7-6-11(10)18-13)12-3-1-2-8-17-12/h1-8H,9,16H2,(H2,15,18). The fraction of sp³-hybridized carbons (Fsp3) is 0.143. The van der Waals surface area contributed by atoms with Gasteiger partial charge in [0.25, 0.3) is 0 Å². The Labute approximate surface area is 105 Å². The molecule has 0 saturated heterocycles. The van der Waals surface area contributed by atoms with E-state index in [-0.39, 0.29) is 0 Å². The predicted molar refractivity (Wildman–Crippen MR) is 71.5 cm³/mol. The van der Waals surface area contributed by atoms with Crippen LogP contribution in [0.15, 0.2) is 42.6 Å². The molecule has 1 unspecified atom stereocenters. The van der Waals surface area contributed by atoms with Gasteiger partial charge in [-0.15, -0.1) is 0 Å². The average Bonchev–Trinajstić information content (AvgIpc) is 2.40. The molecule has 2 heterocycles. The van der Waals surface area contributed by atoms with E-state index in [0.717, 1.165) is 17.0 Å². The van der Waals surface area contributed by atoms with Gasteiger partial charge in [0.05, 0.1) is 16.9 Å². The Hall–Kier alpha value is -2.20. The Morgan fingerprint density at radius 3 is 2.83 bits per heavy atom. The molecular weight excluding hydrogens is 224 g/mol. The van der Waals surface area contributed by atoms with E-state index in [1.54, 1.807) is 12.3 Å². The molecule has 0 aromatic carbocycles. The Balaban J connectivity index is 2.03. The van der Waals surface area contributed by atoms with Gasteiger partial charge >= 0.3 is 0 Å². The van der Waals surface area contributed by atoms with Gasteiger partial charge in [0, 0.05) is 12.6 Å². The molecule has 0 bridgehead atoms. The summed E-state index contributed by atoms with van der Waals surface area (Å²) in [5.41, 5.74) is 14.4. The highest BCUT2D eigenvalue weighted by atomic mass is 14.9. The molecule has 2 aromatic heterocycles. The monoisotopic (exact) mass is 238 g/mol.